The van der Waals surface area contributed by atoms with E-state index in [4.69, 9.17) is 26.2 Å². The maximum atomic E-state index is 6.40. The third kappa shape index (κ3) is 4.11. The zero-order valence-electron chi connectivity index (χ0n) is 20.0. The van der Waals surface area contributed by atoms with Crippen molar-refractivity contribution in [3.05, 3.63) is 72.3 Å². The van der Waals surface area contributed by atoms with E-state index in [2.05, 4.69) is 45.3 Å². The van der Waals surface area contributed by atoms with Gasteiger partial charge >= 0.3 is 0 Å². The highest BCUT2D eigenvalue weighted by atomic mass is 16.5. The van der Waals surface area contributed by atoms with E-state index in [0.717, 1.165) is 47.0 Å². The molecule has 36 heavy (non-hydrogen) atoms. The molecule has 1 aliphatic rings. The number of nitrogens with zero attached hydrogens (tertiary/aromatic N) is 7. The van der Waals surface area contributed by atoms with Gasteiger partial charge in [0.2, 0.25) is 5.95 Å². The number of nitrogens with two attached hydrogens (primary N) is 2. The van der Waals surface area contributed by atoms with Crippen LogP contribution in [0.3, 0.4) is 0 Å². The molecule has 5 aromatic rings. The standard InChI is InChI=1S/C26H27N9O/c1-33-16-21(15-29-33)35-22(13-17-5-7-18(8-6-17)19-3-2-4-20(27)14-19)30-23-24(28)31-26(32-25(23)35)34-9-11-36-12-10-34/h2-8,14-16H,9-13,27H2,1H3,(H2,28,31,32). The first kappa shape index (κ1) is 22.1. The lowest BCUT2D eigenvalue weighted by molar-refractivity contribution is 0.122. The van der Waals surface area contributed by atoms with Gasteiger partial charge in [-0.3, -0.25) is 9.25 Å². The molecule has 3 aromatic heterocycles. The van der Waals surface area contributed by atoms with E-state index in [1.807, 2.05) is 36.0 Å². The number of anilines is 3. The molecule has 0 amide bonds. The van der Waals surface area contributed by atoms with Gasteiger partial charge in [0.25, 0.3) is 0 Å². The molecule has 1 aliphatic heterocycles. The van der Waals surface area contributed by atoms with E-state index in [1.54, 1.807) is 10.9 Å². The number of morpholine rings is 1. The average molecular weight is 482 g/mol. The lowest BCUT2D eigenvalue weighted by atomic mass is 10.0. The third-order valence-electron chi connectivity index (χ3n) is 6.37. The molecule has 4 N–H and O–H groups in total. The predicted molar refractivity (Wildman–Crippen MR) is 140 cm³/mol. The summed E-state index contributed by atoms with van der Waals surface area (Å²) in [6.07, 6.45) is 4.34. The molecule has 10 nitrogen and oxygen atoms in total. The summed E-state index contributed by atoms with van der Waals surface area (Å²) in [5, 5.41) is 4.37. The van der Waals surface area contributed by atoms with Gasteiger partial charge in [-0.1, -0.05) is 36.4 Å². The lowest BCUT2D eigenvalue weighted by Gasteiger charge is -2.26. The van der Waals surface area contributed by atoms with Crippen molar-refractivity contribution in [1.82, 2.24) is 29.3 Å². The summed E-state index contributed by atoms with van der Waals surface area (Å²) < 4.78 is 9.27. The molecule has 1 saturated heterocycles. The van der Waals surface area contributed by atoms with E-state index in [-0.39, 0.29) is 0 Å². The molecule has 1 fully saturated rings. The predicted octanol–water partition coefficient (Wildman–Crippen LogP) is 2.81. The van der Waals surface area contributed by atoms with E-state index >= 15 is 0 Å². The van der Waals surface area contributed by atoms with Crippen molar-refractivity contribution in [2.24, 2.45) is 7.05 Å². The minimum absolute atomic E-state index is 0.363. The monoisotopic (exact) mass is 481 g/mol. The second-order valence-electron chi connectivity index (χ2n) is 8.92. The number of nitrogen functional groups attached to an aromatic ring is 2. The van der Waals surface area contributed by atoms with Crippen LogP contribution in [0.15, 0.2) is 60.9 Å². The van der Waals surface area contributed by atoms with Crippen molar-refractivity contribution in [2.45, 2.75) is 6.42 Å². The first-order valence-corrected chi connectivity index (χ1v) is 11.9. The topological polar surface area (TPSA) is 126 Å². The zero-order valence-corrected chi connectivity index (χ0v) is 20.0. The largest absolute Gasteiger partial charge is 0.399 e. The molecule has 0 saturated carbocycles. The highest BCUT2D eigenvalue weighted by Gasteiger charge is 2.22. The molecule has 0 radical (unpaired) electrons. The summed E-state index contributed by atoms with van der Waals surface area (Å²) in [4.78, 5) is 16.4. The number of hydrogen-bond donors (Lipinski definition) is 2. The van der Waals surface area contributed by atoms with Crippen LogP contribution in [0.2, 0.25) is 0 Å². The SMILES string of the molecule is Cn1cc(-n2c(Cc3ccc(-c4cccc(N)c4)cc3)nc3c(N)nc(N4CCOCC4)nc32)cn1. The Morgan fingerprint density at radius 1 is 0.944 bits per heavy atom. The van der Waals surface area contributed by atoms with Crippen molar-refractivity contribution in [2.75, 3.05) is 42.7 Å². The fourth-order valence-electron chi connectivity index (χ4n) is 4.55. The first-order chi connectivity index (χ1) is 17.5. The lowest BCUT2D eigenvalue weighted by Crippen LogP contribution is -2.37. The highest BCUT2D eigenvalue weighted by molar-refractivity contribution is 5.85. The van der Waals surface area contributed by atoms with Gasteiger partial charge in [0.1, 0.15) is 5.82 Å². The van der Waals surface area contributed by atoms with Crippen molar-refractivity contribution in [1.29, 1.82) is 0 Å². The summed E-state index contributed by atoms with van der Waals surface area (Å²) in [5.41, 5.74) is 18.5. The molecule has 4 heterocycles. The van der Waals surface area contributed by atoms with Crippen LogP contribution in [0.5, 0.6) is 0 Å². The van der Waals surface area contributed by atoms with E-state index in [0.29, 0.717) is 42.6 Å². The Labute approximate surface area is 208 Å². The second-order valence-corrected chi connectivity index (χ2v) is 8.92. The van der Waals surface area contributed by atoms with Crippen LogP contribution < -0.4 is 16.4 Å². The van der Waals surface area contributed by atoms with Gasteiger partial charge in [0.15, 0.2) is 17.0 Å². The molecule has 182 valence electrons. The van der Waals surface area contributed by atoms with Crippen LogP contribution in [-0.2, 0) is 18.2 Å². The Morgan fingerprint density at radius 3 is 2.47 bits per heavy atom. The second kappa shape index (κ2) is 8.97. The van der Waals surface area contributed by atoms with Crippen molar-refractivity contribution in [3.8, 4) is 16.8 Å². The first-order valence-electron chi connectivity index (χ1n) is 11.9. The number of fused-ring (bicyclic) bond motifs is 1. The van der Waals surface area contributed by atoms with E-state index < -0.39 is 0 Å². The van der Waals surface area contributed by atoms with E-state index in [1.165, 1.54) is 0 Å². The molecule has 6 rings (SSSR count). The van der Waals surface area contributed by atoms with Gasteiger partial charge in [-0.25, -0.2) is 4.98 Å². The molecule has 0 unspecified atom stereocenters. The van der Waals surface area contributed by atoms with Gasteiger partial charge < -0.3 is 21.1 Å². The Hall–Kier alpha value is -4.44. The highest BCUT2D eigenvalue weighted by Crippen LogP contribution is 2.28. The van der Waals surface area contributed by atoms with Gasteiger partial charge in [-0.05, 0) is 28.8 Å². The fraction of sp³-hybridized carbons (Fsp3) is 0.231. The van der Waals surface area contributed by atoms with Gasteiger partial charge in [-0.2, -0.15) is 15.1 Å². The summed E-state index contributed by atoms with van der Waals surface area (Å²) >= 11 is 0. The Kier molecular flexibility index (Phi) is 5.49. The smallest absolute Gasteiger partial charge is 0.229 e. The molecule has 0 spiro atoms. The summed E-state index contributed by atoms with van der Waals surface area (Å²) in [5.74, 6) is 1.77. The molecule has 0 aliphatic carbocycles. The number of ether oxygens (including phenoxy) is 1. The normalized spacial score (nSPS) is 14.0. The Bertz CT molecular complexity index is 1530. The van der Waals surface area contributed by atoms with Gasteiger partial charge in [0, 0.05) is 38.4 Å². The number of hydrogen-bond acceptors (Lipinski definition) is 8. The molecule has 0 atom stereocenters. The Morgan fingerprint density at radius 2 is 1.75 bits per heavy atom. The van der Waals surface area contributed by atoms with Crippen LogP contribution in [0, 0.1) is 0 Å². The quantitative estimate of drug-likeness (QED) is 0.367. The maximum Gasteiger partial charge on any atom is 0.229 e. The van der Waals surface area contributed by atoms with Gasteiger partial charge in [0.05, 0.1) is 25.1 Å². The number of rotatable bonds is 5. The maximum absolute atomic E-state index is 6.40. The molecular weight excluding hydrogens is 454 g/mol. The van der Waals surface area contributed by atoms with Crippen molar-refractivity contribution < 1.29 is 4.74 Å². The Balaban J connectivity index is 1.41. The summed E-state index contributed by atoms with van der Waals surface area (Å²) in [7, 11) is 1.89. The zero-order chi connectivity index (χ0) is 24.6. The van der Waals surface area contributed by atoms with Crippen LogP contribution in [0.4, 0.5) is 17.5 Å². The van der Waals surface area contributed by atoms with Crippen LogP contribution in [-0.4, -0.2) is 55.6 Å². The number of benzene rings is 2. The van der Waals surface area contributed by atoms with Crippen LogP contribution >= 0.6 is 0 Å². The number of aryl methyl sites for hydroxylation is 1. The number of imidazole rings is 1. The van der Waals surface area contributed by atoms with E-state index in [9.17, 15) is 0 Å². The summed E-state index contributed by atoms with van der Waals surface area (Å²) in [6.45, 7) is 2.72. The minimum Gasteiger partial charge on any atom is -0.399 e. The molecule has 10 heteroatoms. The van der Waals surface area contributed by atoms with Crippen molar-refractivity contribution in [3.63, 3.8) is 0 Å². The van der Waals surface area contributed by atoms with Crippen LogP contribution in [0.25, 0.3) is 28.0 Å². The minimum atomic E-state index is 0.363. The molecule has 2 aromatic carbocycles. The molecule has 0 bridgehead atoms. The number of aromatic nitrogens is 6. The summed E-state index contributed by atoms with van der Waals surface area (Å²) in [6, 6.07) is 16.3. The molecular formula is C26H27N9O. The third-order valence-corrected chi connectivity index (χ3v) is 6.37. The van der Waals surface area contributed by atoms with Crippen LogP contribution in [0.1, 0.15) is 11.4 Å². The van der Waals surface area contributed by atoms with Crippen molar-refractivity contribution >= 4 is 28.6 Å². The van der Waals surface area contributed by atoms with Gasteiger partial charge in [-0.15, -0.1) is 0 Å². The average Bonchev–Trinajstić information content (AvgIpc) is 3.48. The fourth-order valence-corrected chi connectivity index (χ4v) is 4.55.